The molecular weight excluding hydrogens is 394 g/mol. The molecule has 2 aromatic carbocycles. The molecule has 1 N–H and O–H groups in total. The van der Waals surface area contributed by atoms with Gasteiger partial charge in [0.1, 0.15) is 17.8 Å². The van der Waals surface area contributed by atoms with Crippen LogP contribution < -0.4 is 10.1 Å². The summed E-state index contributed by atoms with van der Waals surface area (Å²) < 4.78 is 6.89. The lowest BCUT2D eigenvalue weighted by molar-refractivity contribution is -0.384. The Labute approximate surface area is 171 Å². The summed E-state index contributed by atoms with van der Waals surface area (Å²) in [6.07, 6.45) is 1.55. The highest BCUT2D eigenvalue weighted by molar-refractivity contribution is 7.99. The Morgan fingerprint density at radius 1 is 1.24 bits per heavy atom. The van der Waals surface area contributed by atoms with Gasteiger partial charge < -0.3 is 10.1 Å². The quantitative estimate of drug-likeness (QED) is 0.358. The van der Waals surface area contributed by atoms with E-state index in [0.717, 1.165) is 22.6 Å². The smallest absolute Gasteiger partial charge is 0.293 e. The molecule has 150 valence electrons. The number of anilines is 1. The first kappa shape index (κ1) is 20.3. The zero-order valence-electron chi connectivity index (χ0n) is 16.1. The lowest BCUT2D eigenvalue weighted by Crippen LogP contribution is -2.16. The van der Waals surface area contributed by atoms with Gasteiger partial charge in [-0.15, -0.1) is 10.2 Å². The van der Waals surface area contributed by atoms with Gasteiger partial charge in [-0.3, -0.25) is 19.5 Å². The fourth-order valence-electron chi connectivity index (χ4n) is 2.61. The van der Waals surface area contributed by atoms with Gasteiger partial charge in [-0.1, -0.05) is 11.8 Å². The first-order valence-corrected chi connectivity index (χ1v) is 9.60. The Kier molecular flexibility index (Phi) is 6.13. The van der Waals surface area contributed by atoms with Crippen molar-refractivity contribution < 1.29 is 14.5 Å². The van der Waals surface area contributed by atoms with Crippen molar-refractivity contribution >= 4 is 29.0 Å². The lowest BCUT2D eigenvalue weighted by atomic mass is 10.1. The van der Waals surface area contributed by atoms with Crippen LogP contribution >= 0.6 is 11.8 Å². The predicted octanol–water partition coefficient (Wildman–Crippen LogP) is 3.53. The van der Waals surface area contributed by atoms with Crippen molar-refractivity contribution in [1.82, 2.24) is 14.8 Å². The number of hydrogen-bond donors (Lipinski definition) is 1. The molecule has 0 saturated heterocycles. The standard InChI is InChI=1S/C19H19N5O4S/c1-12-8-16(17(24(26)27)9-13(12)2)21-18(25)10-29-19-22-20-11-23(19)14-4-6-15(28-3)7-5-14/h4-9,11H,10H2,1-3H3,(H,21,25). The van der Waals surface area contributed by atoms with E-state index in [1.165, 1.54) is 17.8 Å². The number of carbonyl (C=O) groups is 1. The summed E-state index contributed by atoms with van der Waals surface area (Å²) >= 11 is 1.18. The number of nitrogens with zero attached hydrogens (tertiary/aromatic N) is 4. The first-order chi connectivity index (χ1) is 13.9. The van der Waals surface area contributed by atoms with Crippen molar-refractivity contribution in [2.45, 2.75) is 19.0 Å². The van der Waals surface area contributed by atoms with E-state index in [2.05, 4.69) is 15.5 Å². The molecule has 9 nitrogen and oxygen atoms in total. The number of hydrogen-bond acceptors (Lipinski definition) is 7. The Morgan fingerprint density at radius 3 is 2.59 bits per heavy atom. The van der Waals surface area contributed by atoms with Crippen molar-refractivity contribution in [2.24, 2.45) is 0 Å². The number of carbonyl (C=O) groups excluding carboxylic acids is 1. The van der Waals surface area contributed by atoms with Crippen LogP contribution in [-0.2, 0) is 4.79 Å². The number of nitrogens with one attached hydrogen (secondary N) is 1. The number of amides is 1. The molecule has 3 rings (SSSR count). The van der Waals surface area contributed by atoms with Gasteiger partial charge in [-0.05, 0) is 55.3 Å². The van der Waals surface area contributed by atoms with Crippen LogP contribution in [0.3, 0.4) is 0 Å². The van der Waals surface area contributed by atoms with Gasteiger partial charge in [0.2, 0.25) is 5.91 Å². The van der Waals surface area contributed by atoms with Gasteiger partial charge in [0.05, 0.1) is 17.8 Å². The third kappa shape index (κ3) is 4.72. The summed E-state index contributed by atoms with van der Waals surface area (Å²) in [5.74, 6) is 0.384. The highest BCUT2D eigenvalue weighted by atomic mass is 32.2. The largest absolute Gasteiger partial charge is 0.497 e. The second-order valence-corrected chi connectivity index (χ2v) is 7.17. The van der Waals surface area contributed by atoms with Crippen LogP contribution in [0.25, 0.3) is 5.69 Å². The van der Waals surface area contributed by atoms with Crippen LogP contribution in [0.4, 0.5) is 11.4 Å². The van der Waals surface area contributed by atoms with Crippen molar-refractivity contribution in [3.05, 3.63) is 64.0 Å². The van der Waals surface area contributed by atoms with Crippen molar-refractivity contribution in [3.63, 3.8) is 0 Å². The van der Waals surface area contributed by atoms with Gasteiger partial charge in [-0.25, -0.2) is 0 Å². The Morgan fingerprint density at radius 2 is 1.93 bits per heavy atom. The zero-order valence-corrected chi connectivity index (χ0v) is 16.9. The molecule has 1 amide bonds. The Balaban J connectivity index is 1.70. The second kappa shape index (κ2) is 8.74. The van der Waals surface area contributed by atoms with Crippen molar-refractivity contribution in [3.8, 4) is 11.4 Å². The Hall–Kier alpha value is -3.40. The molecular formula is C19H19N5O4S. The SMILES string of the molecule is COc1ccc(-n2cnnc2SCC(=O)Nc2cc(C)c(C)cc2[N+](=O)[O-])cc1. The average molecular weight is 413 g/mol. The first-order valence-electron chi connectivity index (χ1n) is 8.61. The molecule has 10 heteroatoms. The van der Waals surface area contributed by atoms with Crippen LogP contribution in [0.15, 0.2) is 47.9 Å². The summed E-state index contributed by atoms with van der Waals surface area (Å²) in [7, 11) is 1.59. The summed E-state index contributed by atoms with van der Waals surface area (Å²) in [4.78, 5) is 23.2. The normalized spacial score (nSPS) is 10.6. The number of aromatic nitrogens is 3. The number of ether oxygens (including phenoxy) is 1. The Bertz CT molecular complexity index is 1050. The van der Waals surface area contributed by atoms with Crippen LogP contribution in [0.1, 0.15) is 11.1 Å². The molecule has 3 aromatic rings. The molecule has 0 aliphatic heterocycles. The number of methoxy groups -OCH3 is 1. The number of aryl methyl sites for hydroxylation is 2. The second-order valence-electron chi connectivity index (χ2n) is 6.23. The fraction of sp³-hybridized carbons (Fsp3) is 0.211. The maximum absolute atomic E-state index is 12.4. The highest BCUT2D eigenvalue weighted by Crippen LogP contribution is 2.28. The lowest BCUT2D eigenvalue weighted by Gasteiger charge is -2.09. The van der Waals surface area contributed by atoms with Gasteiger partial charge in [0, 0.05) is 11.8 Å². The third-order valence-corrected chi connectivity index (χ3v) is 5.23. The molecule has 1 heterocycles. The number of nitro benzene ring substituents is 1. The molecule has 29 heavy (non-hydrogen) atoms. The summed E-state index contributed by atoms with van der Waals surface area (Å²) in [6, 6.07) is 10.4. The summed E-state index contributed by atoms with van der Waals surface area (Å²) in [6.45, 7) is 3.62. The molecule has 0 aliphatic carbocycles. The van der Waals surface area contributed by atoms with Crippen LogP contribution in [0, 0.1) is 24.0 Å². The van der Waals surface area contributed by atoms with Gasteiger partial charge >= 0.3 is 0 Å². The highest BCUT2D eigenvalue weighted by Gasteiger charge is 2.18. The molecule has 0 aliphatic rings. The summed E-state index contributed by atoms with van der Waals surface area (Å²) in [5.41, 5.74) is 2.52. The van der Waals surface area contributed by atoms with Gasteiger partial charge in [-0.2, -0.15) is 0 Å². The molecule has 0 bridgehead atoms. The topological polar surface area (TPSA) is 112 Å². The van der Waals surface area contributed by atoms with E-state index in [-0.39, 0.29) is 23.0 Å². The minimum Gasteiger partial charge on any atom is -0.497 e. The fourth-order valence-corrected chi connectivity index (χ4v) is 3.34. The van der Waals surface area contributed by atoms with E-state index < -0.39 is 4.92 Å². The molecule has 1 aromatic heterocycles. The number of benzene rings is 2. The maximum Gasteiger partial charge on any atom is 0.293 e. The third-order valence-electron chi connectivity index (χ3n) is 4.28. The van der Waals surface area contributed by atoms with E-state index in [1.807, 2.05) is 31.2 Å². The van der Waals surface area contributed by atoms with E-state index >= 15 is 0 Å². The zero-order chi connectivity index (χ0) is 21.0. The van der Waals surface area contributed by atoms with E-state index in [4.69, 9.17) is 4.74 Å². The minimum absolute atomic E-state index is 0.0267. The van der Waals surface area contributed by atoms with Gasteiger partial charge in [0.25, 0.3) is 5.69 Å². The number of thioether (sulfide) groups is 1. The molecule has 0 unspecified atom stereocenters. The maximum atomic E-state index is 12.4. The van der Waals surface area contributed by atoms with Crippen LogP contribution in [0.2, 0.25) is 0 Å². The average Bonchev–Trinajstić information content (AvgIpc) is 3.17. The van der Waals surface area contributed by atoms with Crippen LogP contribution in [-0.4, -0.2) is 38.5 Å². The van der Waals surface area contributed by atoms with E-state index in [1.54, 1.807) is 31.0 Å². The van der Waals surface area contributed by atoms with E-state index in [9.17, 15) is 14.9 Å². The van der Waals surface area contributed by atoms with Gasteiger partial charge in [0.15, 0.2) is 5.16 Å². The molecule has 0 fully saturated rings. The molecule has 0 spiro atoms. The van der Waals surface area contributed by atoms with Crippen LogP contribution in [0.5, 0.6) is 5.75 Å². The number of nitro groups is 1. The van der Waals surface area contributed by atoms with Crippen molar-refractivity contribution in [1.29, 1.82) is 0 Å². The predicted molar refractivity (Wildman–Crippen MR) is 110 cm³/mol. The molecule has 0 atom stereocenters. The van der Waals surface area contributed by atoms with E-state index in [0.29, 0.717) is 5.16 Å². The monoisotopic (exact) mass is 413 g/mol. The van der Waals surface area contributed by atoms with Crippen molar-refractivity contribution in [2.75, 3.05) is 18.2 Å². The molecule has 0 saturated carbocycles. The minimum atomic E-state index is -0.504. The molecule has 0 radical (unpaired) electrons. The summed E-state index contributed by atoms with van der Waals surface area (Å²) in [5, 5.41) is 22.4. The number of rotatable bonds is 7.